The third-order valence-electron chi connectivity index (χ3n) is 6.54. The molecule has 2 aromatic carbocycles. The van der Waals surface area contributed by atoms with Gasteiger partial charge in [0.2, 0.25) is 0 Å². The van der Waals surface area contributed by atoms with Crippen LogP contribution in [0.25, 0.3) is 0 Å². The number of hydrogen-bond acceptors (Lipinski definition) is 5. The minimum atomic E-state index is -0.423. The van der Waals surface area contributed by atoms with Crippen LogP contribution in [-0.4, -0.2) is 62.1 Å². The number of nitrogens with zero attached hydrogens (tertiary/aromatic N) is 2. The van der Waals surface area contributed by atoms with Gasteiger partial charge in [-0.25, -0.2) is 4.79 Å². The Morgan fingerprint density at radius 2 is 1.77 bits per heavy atom. The lowest BCUT2D eigenvalue weighted by Gasteiger charge is -2.40. The van der Waals surface area contributed by atoms with Crippen molar-refractivity contribution in [3.8, 4) is 5.75 Å². The second-order valence-electron chi connectivity index (χ2n) is 8.71. The van der Waals surface area contributed by atoms with Crippen molar-refractivity contribution in [1.29, 1.82) is 0 Å². The van der Waals surface area contributed by atoms with E-state index in [0.29, 0.717) is 11.1 Å². The molecule has 4 rings (SSSR count). The monoisotopic (exact) mass is 422 g/mol. The number of rotatable bonds is 5. The van der Waals surface area contributed by atoms with Crippen molar-refractivity contribution >= 4 is 11.9 Å². The molecule has 164 valence electrons. The summed E-state index contributed by atoms with van der Waals surface area (Å²) in [6.07, 6.45) is 3.31. The molecule has 2 aromatic rings. The number of piperidine rings is 1. The Bertz CT molecular complexity index is 960. The lowest BCUT2D eigenvalue weighted by Crippen LogP contribution is -2.45. The lowest BCUT2D eigenvalue weighted by molar-refractivity contribution is 0.0600. The highest BCUT2D eigenvalue weighted by atomic mass is 16.5. The van der Waals surface area contributed by atoms with Gasteiger partial charge >= 0.3 is 5.97 Å². The van der Waals surface area contributed by atoms with Crippen LogP contribution in [0.15, 0.2) is 48.5 Å². The highest BCUT2D eigenvalue weighted by Crippen LogP contribution is 2.40. The van der Waals surface area contributed by atoms with Gasteiger partial charge in [-0.2, -0.15) is 0 Å². The highest BCUT2D eigenvalue weighted by Gasteiger charge is 2.42. The molecule has 1 atom stereocenters. The predicted molar refractivity (Wildman–Crippen MR) is 118 cm³/mol. The number of hydrogen-bond donors (Lipinski definition) is 0. The fraction of sp³-hybridized carbons (Fsp3) is 0.440. The van der Waals surface area contributed by atoms with E-state index in [-0.39, 0.29) is 11.3 Å². The van der Waals surface area contributed by atoms with E-state index in [9.17, 15) is 9.59 Å². The van der Waals surface area contributed by atoms with Crippen LogP contribution in [0.2, 0.25) is 0 Å². The number of benzene rings is 2. The van der Waals surface area contributed by atoms with Crippen molar-refractivity contribution in [2.45, 2.75) is 25.8 Å². The van der Waals surface area contributed by atoms with Gasteiger partial charge in [0.25, 0.3) is 5.91 Å². The average Bonchev–Trinajstić information content (AvgIpc) is 3.21. The van der Waals surface area contributed by atoms with Crippen molar-refractivity contribution in [2.24, 2.45) is 5.41 Å². The summed E-state index contributed by atoms with van der Waals surface area (Å²) in [5.41, 5.74) is 2.35. The average molecular weight is 423 g/mol. The summed E-state index contributed by atoms with van der Waals surface area (Å²) in [5.74, 6) is 0.455. The smallest absolute Gasteiger partial charge is 0.337 e. The SMILES string of the molecule is COC(=O)c1cccc(C(=O)N2CCC3(CCCN(Cc4cccc(OC)c4)C3)C2)c1. The number of amides is 1. The first-order valence-corrected chi connectivity index (χ1v) is 10.8. The Kier molecular flexibility index (Phi) is 6.28. The van der Waals surface area contributed by atoms with Crippen LogP contribution in [0.1, 0.15) is 45.5 Å². The normalized spacial score (nSPS) is 21.3. The van der Waals surface area contributed by atoms with Gasteiger partial charge in [0, 0.05) is 37.2 Å². The Balaban J connectivity index is 1.42. The van der Waals surface area contributed by atoms with Crippen LogP contribution in [0.5, 0.6) is 5.75 Å². The maximum absolute atomic E-state index is 13.1. The molecule has 2 fully saturated rings. The molecule has 0 aromatic heterocycles. The number of carbonyl (C=O) groups excluding carboxylic acids is 2. The molecular formula is C25H30N2O4. The molecule has 0 aliphatic carbocycles. The molecule has 2 heterocycles. The van der Waals surface area contributed by atoms with Crippen LogP contribution in [0, 0.1) is 5.41 Å². The van der Waals surface area contributed by atoms with E-state index >= 15 is 0 Å². The molecule has 0 bridgehead atoms. The number of ether oxygens (including phenoxy) is 2. The maximum atomic E-state index is 13.1. The van der Waals surface area contributed by atoms with Crippen LogP contribution < -0.4 is 4.74 Å². The largest absolute Gasteiger partial charge is 0.497 e. The molecule has 2 aliphatic rings. The van der Waals surface area contributed by atoms with Crippen molar-refractivity contribution in [2.75, 3.05) is 40.4 Å². The van der Waals surface area contributed by atoms with Gasteiger partial charge in [0.1, 0.15) is 5.75 Å². The second kappa shape index (κ2) is 9.10. The predicted octanol–water partition coefficient (Wildman–Crippen LogP) is 3.61. The molecule has 0 saturated carbocycles. The van der Waals surface area contributed by atoms with Gasteiger partial charge in [0.05, 0.1) is 19.8 Å². The summed E-state index contributed by atoms with van der Waals surface area (Å²) >= 11 is 0. The van der Waals surface area contributed by atoms with Crippen molar-refractivity contribution in [3.05, 3.63) is 65.2 Å². The van der Waals surface area contributed by atoms with Gasteiger partial charge in [-0.15, -0.1) is 0 Å². The third-order valence-corrected chi connectivity index (χ3v) is 6.54. The molecule has 0 N–H and O–H groups in total. The van der Waals surface area contributed by atoms with E-state index in [1.165, 1.54) is 12.7 Å². The van der Waals surface area contributed by atoms with Crippen molar-refractivity contribution < 1.29 is 19.1 Å². The van der Waals surface area contributed by atoms with Crippen LogP contribution >= 0.6 is 0 Å². The molecule has 2 aliphatic heterocycles. The first kappa shape index (κ1) is 21.4. The fourth-order valence-corrected chi connectivity index (χ4v) is 5.00. The van der Waals surface area contributed by atoms with E-state index in [2.05, 4.69) is 17.0 Å². The Morgan fingerprint density at radius 3 is 2.58 bits per heavy atom. The molecule has 31 heavy (non-hydrogen) atoms. The van der Waals surface area contributed by atoms with E-state index in [0.717, 1.165) is 57.7 Å². The summed E-state index contributed by atoms with van der Waals surface area (Å²) in [6, 6.07) is 15.1. The van der Waals surface area contributed by atoms with Crippen LogP contribution in [0.3, 0.4) is 0 Å². The number of carbonyl (C=O) groups is 2. The highest BCUT2D eigenvalue weighted by molar-refractivity contribution is 5.98. The summed E-state index contributed by atoms with van der Waals surface area (Å²) in [5, 5.41) is 0. The van der Waals surface area contributed by atoms with Crippen LogP contribution in [0.4, 0.5) is 0 Å². The molecule has 1 amide bonds. The van der Waals surface area contributed by atoms with Gasteiger partial charge in [0.15, 0.2) is 0 Å². The zero-order valence-electron chi connectivity index (χ0n) is 18.3. The number of methoxy groups -OCH3 is 2. The summed E-state index contributed by atoms with van der Waals surface area (Å²) in [7, 11) is 3.04. The Labute approximate surface area is 183 Å². The van der Waals surface area contributed by atoms with Gasteiger partial charge in [-0.3, -0.25) is 9.69 Å². The molecular weight excluding hydrogens is 392 g/mol. The standard InChI is InChI=1S/C25H30N2O4/c1-30-22-9-3-6-19(14-22)16-26-12-5-10-25(17-26)11-13-27(18-25)23(28)20-7-4-8-21(15-20)24(29)31-2/h3-4,6-9,14-15H,5,10-13,16-18H2,1-2H3. The molecule has 6 heteroatoms. The molecule has 0 radical (unpaired) electrons. The van der Waals surface area contributed by atoms with Gasteiger partial charge in [-0.05, 0) is 61.7 Å². The third kappa shape index (κ3) is 4.74. The van der Waals surface area contributed by atoms with E-state index in [1.54, 1.807) is 31.4 Å². The minimum Gasteiger partial charge on any atom is -0.497 e. The summed E-state index contributed by atoms with van der Waals surface area (Å²) in [4.78, 5) is 29.4. The second-order valence-corrected chi connectivity index (χ2v) is 8.71. The van der Waals surface area contributed by atoms with E-state index in [4.69, 9.17) is 9.47 Å². The zero-order chi connectivity index (χ0) is 21.8. The molecule has 1 unspecified atom stereocenters. The topological polar surface area (TPSA) is 59.1 Å². The van der Waals surface area contributed by atoms with E-state index < -0.39 is 5.97 Å². The van der Waals surface area contributed by atoms with Gasteiger partial charge < -0.3 is 14.4 Å². The van der Waals surface area contributed by atoms with Crippen molar-refractivity contribution in [1.82, 2.24) is 9.80 Å². The fourth-order valence-electron chi connectivity index (χ4n) is 5.00. The van der Waals surface area contributed by atoms with Crippen LogP contribution in [-0.2, 0) is 11.3 Å². The quantitative estimate of drug-likeness (QED) is 0.689. The lowest BCUT2D eigenvalue weighted by atomic mass is 9.79. The molecule has 6 nitrogen and oxygen atoms in total. The van der Waals surface area contributed by atoms with Gasteiger partial charge in [-0.1, -0.05) is 18.2 Å². The zero-order valence-corrected chi connectivity index (χ0v) is 18.3. The van der Waals surface area contributed by atoms with E-state index in [1.807, 2.05) is 17.0 Å². The van der Waals surface area contributed by atoms with Crippen molar-refractivity contribution in [3.63, 3.8) is 0 Å². The molecule has 2 saturated heterocycles. The Hall–Kier alpha value is -2.86. The first-order chi connectivity index (χ1) is 15.0. The maximum Gasteiger partial charge on any atom is 0.337 e. The number of likely N-dealkylation sites (tertiary alicyclic amines) is 2. The summed E-state index contributed by atoms with van der Waals surface area (Å²) in [6.45, 7) is 4.50. The minimum absolute atomic E-state index is 0.00690. The Morgan fingerprint density at radius 1 is 0.968 bits per heavy atom. The first-order valence-electron chi connectivity index (χ1n) is 10.8. The molecule has 1 spiro atoms. The summed E-state index contributed by atoms with van der Waals surface area (Å²) < 4.78 is 10.1. The number of esters is 1.